The zero-order valence-corrected chi connectivity index (χ0v) is 20.7. The van der Waals surface area contributed by atoms with Gasteiger partial charge in [0.25, 0.3) is 0 Å². The van der Waals surface area contributed by atoms with Crippen LogP contribution in [0.3, 0.4) is 0 Å². The van der Waals surface area contributed by atoms with Crippen LogP contribution in [0.1, 0.15) is 32.8 Å². The third kappa shape index (κ3) is 8.28. The van der Waals surface area contributed by atoms with E-state index in [0.717, 1.165) is 4.90 Å². The quantitative estimate of drug-likeness (QED) is 0.425. The fourth-order valence-corrected chi connectivity index (χ4v) is 3.50. The fourth-order valence-electron chi connectivity index (χ4n) is 3.15. The summed E-state index contributed by atoms with van der Waals surface area (Å²) in [5.41, 5.74) is -0.690. The van der Waals surface area contributed by atoms with Gasteiger partial charge >= 0.3 is 12.2 Å². The first-order valence-electron chi connectivity index (χ1n) is 9.71. The predicted molar refractivity (Wildman–Crippen MR) is 120 cm³/mol. The van der Waals surface area contributed by atoms with Crippen LogP contribution in [0.5, 0.6) is 0 Å². The highest BCUT2D eigenvalue weighted by atomic mass is 35.6. The van der Waals surface area contributed by atoms with Crippen molar-refractivity contribution in [3.05, 3.63) is 34.6 Å². The highest BCUT2D eigenvalue weighted by Crippen LogP contribution is 2.28. The van der Waals surface area contributed by atoms with Gasteiger partial charge in [-0.15, -0.1) is 0 Å². The van der Waals surface area contributed by atoms with Crippen LogP contribution in [0.2, 0.25) is 5.02 Å². The number of likely N-dealkylation sites (tertiary alicyclic amines) is 1. The summed E-state index contributed by atoms with van der Waals surface area (Å²) in [6.45, 7) is 3.88. The molecule has 0 saturated carbocycles. The third-order valence-corrected chi connectivity index (χ3v) is 5.05. The molecule has 12 heteroatoms. The molecule has 0 aromatic heterocycles. The first-order valence-corrected chi connectivity index (χ1v) is 11.2. The zero-order valence-electron chi connectivity index (χ0n) is 17.7. The lowest BCUT2D eigenvalue weighted by molar-refractivity contribution is 0.0179. The summed E-state index contributed by atoms with van der Waals surface area (Å²) in [4.78, 5) is 27.6. The van der Waals surface area contributed by atoms with Gasteiger partial charge in [0.15, 0.2) is 0 Å². The van der Waals surface area contributed by atoms with Crippen LogP contribution in [0, 0.1) is 5.82 Å². The van der Waals surface area contributed by atoms with Gasteiger partial charge in [-0.05, 0) is 26.8 Å². The maximum absolute atomic E-state index is 14.4. The maximum atomic E-state index is 14.4. The third-order valence-electron chi connectivity index (χ3n) is 4.43. The summed E-state index contributed by atoms with van der Waals surface area (Å²) in [7, 11) is 0. The van der Waals surface area contributed by atoms with Gasteiger partial charge in [0.1, 0.15) is 24.2 Å². The van der Waals surface area contributed by atoms with Gasteiger partial charge in [-0.25, -0.2) is 18.4 Å². The van der Waals surface area contributed by atoms with E-state index in [4.69, 9.17) is 55.9 Å². The molecule has 1 saturated heterocycles. The topological polar surface area (TPSA) is 59.1 Å². The molecule has 1 fully saturated rings. The molecule has 1 aromatic carbocycles. The summed E-state index contributed by atoms with van der Waals surface area (Å²) in [6, 6.07) is 3.59. The fraction of sp³-hybridized carbons (Fsp3) is 0.600. The molecule has 6 nitrogen and oxygen atoms in total. The zero-order chi connectivity index (χ0) is 24.3. The molecule has 1 aliphatic rings. The SMILES string of the molecule is CC(C)(C)OC(=O)N1C[C@H](F)C[C@H]1CN(Cc1cccc(Cl)c1F)C(=O)OCC(Cl)(Cl)Cl. The predicted octanol–water partition coefficient (Wildman–Crippen LogP) is 6.14. The molecule has 1 aliphatic heterocycles. The molecule has 0 N–H and O–H groups in total. The average Bonchev–Trinajstić information content (AvgIpc) is 3.01. The van der Waals surface area contributed by atoms with Gasteiger partial charge in [-0.3, -0.25) is 0 Å². The number of amides is 2. The van der Waals surface area contributed by atoms with E-state index in [2.05, 4.69) is 0 Å². The number of rotatable bonds is 5. The number of hydrogen-bond donors (Lipinski definition) is 0. The lowest BCUT2D eigenvalue weighted by atomic mass is 10.1. The Morgan fingerprint density at radius 3 is 2.50 bits per heavy atom. The first kappa shape index (κ1) is 27.0. The van der Waals surface area contributed by atoms with Crippen molar-refractivity contribution in [3.63, 3.8) is 0 Å². The van der Waals surface area contributed by atoms with Crippen molar-refractivity contribution >= 4 is 58.6 Å². The van der Waals surface area contributed by atoms with Crippen molar-refractivity contribution < 1.29 is 27.8 Å². The summed E-state index contributed by atoms with van der Waals surface area (Å²) in [5, 5.41) is -0.128. The second kappa shape index (κ2) is 10.8. The number of nitrogens with zero attached hydrogens (tertiary/aromatic N) is 2. The van der Waals surface area contributed by atoms with Crippen molar-refractivity contribution in [1.29, 1.82) is 0 Å². The van der Waals surface area contributed by atoms with Crippen LogP contribution in [0.25, 0.3) is 0 Å². The van der Waals surface area contributed by atoms with Crippen LogP contribution in [0.4, 0.5) is 18.4 Å². The minimum Gasteiger partial charge on any atom is -0.445 e. The largest absolute Gasteiger partial charge is 0.445 e. The van der Waals surface area contributed by atoms with Gasteiger partial charge in [0.05, 0.1) is 24.2 Å². The van der Waals surface area contributed by atoms with Gasteiger partial charge in [-0.1, -0.05) is 58.5 Å². The normalized spacial score (nSPS) is 19.1. The van der Waals surface area contributed by atoms with Crippen molar-refractivity contribution in [3.8, 4) is 0 Å². The Balaban J connectivity index is 2.24. The average molecular weight is 536 g/mol. The Morgan fingerprint density at radius 1 is 1.25 bits per heavy atom. The monoisotopic (exact) mass is 534 g/mol. The molecule has 0 aliphatic carbocycles. The Labute approximate surface area is 205 Å². The van der Waals surface area contributed by atoms with Crippen molar-refractivity contribution in [2.75, 3.05) is 19.7 Å². The molecule has 0 spiro atoms. The number of halogens is 6. The minimum absolute atomic E-state index is 0.0362. The lowest BCUT2D eigenvalue weighted by Crippen LogP contribution is -2.47. The smallest absolute Gasteiger partial charge is 0.410 e. The molecule has 0 unspecified atom stereocenters. The number of carbonyl (C=O) groups is 2. The van der Waals surface area contributed by atoms with E-state index in [1.165, 1.54) is 23.1 Å². The standard InChI is InChI=1S/C20H24Cl4F2N2O4/c1-19(2,3)32-18(30)28-9-13(25)7-14(28)10-27(17(29)31-11-20(22,23)24)8-12-5-4-6-15(21)16(12)26/h4-6,13-14H,7-11H2,1-3H3/t13-,14+/m1/s1. The van der Waals surface area contributed by atoms with E-state index < -0.39 is 46.2 Å². The highest BCUT2D eigenvalue weighted by molar-refractivity contribution is 6.67. The molecule has 0 bridgehead atoms. The van der Waals surface area contributed by atoms with Gasteiger partial charge in [0, 0.05) is 18.5 Å². The Kier molecular flexibility index (Phi) is 9.13. The minimum atomic E-state index is -1.86. The summed E-state index contributed by atoms with van der Waals surface area (Å²) >= 11 is 22.8. The van der Waals surface area contributed by atoms with Crippen LogP contribution in [-0.2, 0) is 16.0 Å². The van der Waals surface area contributed by atoms with E-state index in [0.29, 0.717) is 0 Å². The molecular formula is C20H24Cl4F2N2O4. The van der Waals surface area contributed by atoms with E-state index in [1.807, 2.05) is 0 Å². The van der Waals surface area contributed by atoms with Crippen molar-refractivity contribution in [2.24, 2.45) is 0 Å². The molecule has 32 heavy (non-hydrogen) atoms. The summed E-state index contributed by atoms with van der Waals surface area (Å²) < 4.78 is 37.2. The van der Waals surface area contributed by atoms with E-state index in [9.17, 15) is 18.4 Å². The Hall–Kier alpha value is -1.22. The maximum Gasteiger partial charge on any atom is 0.410 e. The van der Waals surface area contributed by atoms with E-state index in [1.54, 1.807) is 20.8 Å². The Morgan fingerprint density at radius 2 is 1.91 bits per heavy atom. The van der Waals surface area contributed by atoms with E-state index in [-0.39, 0.29) is 36.6 Å². The molecule has 2 atom stereocenters. The molecule has 1 heterocycles. The van der Waals surface area contributed by atoms with Crippen LogP contribution < -0.4 is 0 Å². The van der Waals surface area contributed by atoms with Crippen LogP contribution in [0.15, 0.2) is 18.2 Å². The van der Waals surface area contributed by atoms with Gasteiger partial charge in [0.2, 0.25) is 3.79 Å². The number of ether oxygens (including phenoxy) is 2. The second-order valence-electron chi connectivity index (χ2n) is 8.38. The number of benzene rings is 1. The summed E-state index contributed by atoms with van der Waals surface area (Å²) in [5.74, 6) is -0.716. The van der Waals surface area contributed by atoms with Gasteiger partial charge in [-0.2, -0.15) is 0 Å². The molecule has 2 rings (SSSR count). The van der Waals surface area contributed by atoms with E-state index >= 15 is 0 Å². The molecule has 1 aromatic rings. The first-order chi connectivity index (χ1) is 14.7. The molecule has 0 radical (unpaired) electrons. The second-order valence-corrected chi connectivity index (χ2v) is 11.3. The number of alkyl halides is 4. The van der Waals surface area contributed by atoms with Crippen LogP contribution >= 0.6 is 46.4 Å². The molecule has 2 amide bonds. The Bertz CT molecular complexity index is 833. The van der Waals surface area contributed by atoms with Crippen molar-refractivity contribution in [2.45, 2.75) is 55.3 Å². The van der Waals surface area contributed by atoms with Gasteiger partial charge < -0.3 is 19.3 Å². The number of carbonyl (C=O) groups excluding carboxylic acids is 2. The summed E-state index contributed by atoms with van der Waals surface area (Å²) in [6.07, 6.45) is -2.99. The number of hydrogen-bond acceptors (Lipinski definition) is 4. The van der Waals surface area contributed by atoms with Crippen LogP contribution in [-0.4, -0.2) is 63.3 Å². The van der Waals surface area contributed by atoms with Crippen molar-refractivity contribution in [1.82, 2.24) is 9.80 Å². The lowest BCUT2D eigenvalue weighted by Gasteiger charge is -2.32. The highest BCUT2D eigenvalue weighted by Gasteiger charge is 2.40. The molecular weight excluding hydrogens is 512 g/mol. The molecule has 180 valence electrons.